The van der Waals surface area contributed by atoms with Gasteiger partial charge in [-0.05, 0) is 45.2 Å². The second-order valence-corrected chi connectivity index (χ2v) is 8.73. The molecule has 4 rings (SSSR count). The number of para-hydroxylation sites is 2. The fraction of sp³-hybridized carbons (Fsp3) is 0.545. The number of urea groups is 1. The quantitative estimate of drug-likeness (QED) is 0.733. The van der Waals surface area contributed by atoms with Gasteiger partial charge in [0.15, 0.2) is 6.10 Å². The van der Waals surface area contributed by atoms with Crippen LogP contribution in [0.15, 0.2) is 24.3 Å². The standard InChI is InChI=1S/C22H28N4O5/c1-22(2)20(29)25(21(30)23-22)13-10-18(27)26-14-17(19(28)24-11-6-3-7-12-24)31-16-9-5-4-8-15(16)26/h4-5,8-9,17H,3,6-7,10-14H2,1-2H3,(H,23,30). The molecular weight excluding hydrogens is 400 g/mol. The molecule has 3 aliphatic rings. The summed E-state index contributed by atoms with van der Waals surface area (Å²) >= 11 is 0. The molecule has 2 saturated heterocycles. The summed E-state index contributed by atoms with van der Waals surface area (Å²) in [7, 11) is 0. The lowest BCUT2D eigenvalue weighted by Crippen LogP contribution is -2.53. The maximum Gasteiger partial charge on any atom is 0.325 e. The van der Waals surface area contributed by atoms with Gasteiger partial charge in [0, 0.05) is 26.1 Å². The summed E-state index contributed by atoms with van der Waals surface area (Å²) < 4.78 is 5.95. The van der Waals surface area contributed by atoms with Gasteiger partial charge >= 0.3 is 6.03 Å². The highest BCUT2D eigenvalue weighted by atomic mass is 16.5. The minimum atomic E-state index is -0.975. The highest BCUT2D eigenvalue weighted by Crippen LogP contribution is 2.34. The van der Waals surface area contributed by atoms with E-state index < -0.39 is 17.7 Å². The number of carbonyl (C=O) groups excluding carboxylic acids is 4. The van der Waals surface area contributed by atoms with Crippen molar-refractivity contribution >= 4 is 29.4 Å². The molecule has 0 aromatic heterocycles. The molecule has 31 heavy (non-hydrogen) atoms. The van der Waals surface area contributed by atoms with Gasteiger partial charge in [0.25, 0.3) is 11.8 Å². The van der Waals surface area contributed by atoms with Gasteiger partial charge < -0.3 is 19.9 Å². The number of piperidine rings is 1. The predicted octanol–water partition coefficient (Wildman–Crippen LogP) is 1.51. The fourth-order valence-electron chi connectivity index (χ4n) is 4.28. The van der Waals surface area contributed by atoms with E-state index in [1.54, 1.807) is 43.0 Å². The monoisotopic (exact) mass is 428 g/mol. The molecule has 1 aromatic rings. The summed E-state index contributed by atoms with van der Waals surface area (Å²) in [5.41, 5.74) is -0.384. The number of carbonyl (C=O) groups is 4. The molecule has 0 spiro atoms. The molecule has 1 atom stereocenters. The van der Waals surface area contributed by atoms with Crippen molar-refractivity contribution in [2.75, 3.05) is 31.1 Å². The molecule has 0 radical (unpaired) electrons. The Morgan fingerprint density at radius 2 is 1.84 bits per heavy atom. The van der Waals surface area contributed by atoms with Crippen LogP contribution in [0.25, 0.3) is 0 Å². The first-order valence-corrected chi connectivity index (χ1v) is 10.8. The molecule has 1 unspecified atom stereocenters. The summed E-state index contributed by atoms with van der Waals surface area (Å²) in [6.45, 7) is 4.76. The second kappa shape index (κ2) is 8.20. The third-order valence-electron chi connectivity index (χ3n) is 6.01. The van der Waals surface area contributed by atoms with Gasteiger partial charge in [-0.2, -0.15) is 0 Å². The molecular formula is C22H28N4O5. The van der Waals surface area contributed by atoms with Crippen LogP contribution in [0, 0.1) is 0 Å². The summed E-state index contributed by atoms with van der Waals surface area (Å²) in [6, 6.07) is 6.61. The lowest BCUT2D eigenvalue weighted by Gasteiger charge is -2.37. The predicted molar refractivity (Wildman–Crippen MR) is 113 cm³/mol. The number of ether oxygens (including phenoxy) is 1. The van der Waals surface area contributed by atoms with Crippen molar-refractivity contribution in [2.45, 2.75) is 51.2 Å². The number of rotatable bonds is 4. The molecule has 3 aliphatic heterocycles. The third kappa shape index (κ3) is 4.08. The van der Waals surface area contributed by atoms with Gasteiger partial charge in [0.05, 0.1) is 12.2 Å². The smallest absolute Gasteiger partial charge is 0.325 e. The van der Waals surface area contributed by atoms with Crippen LogP contribution in [-0.2, 0) is 14.4 Å². The molecule has 3 heterocycles. The van der Waals surface area contributed by atoms with Crippen LogP contribution >= 0.6 is 0 Å². The molecule has 0 saturated carbocycles. The Bertz CT molecular complexity index is 909. The van der Waals surface area contributed by atoms with Gasteiger partial charge in [-0.3, -0.25) is 19.3 Å². The van der Waals surface area contributed by atoms with Crippen LogP contribution in [0.5, 0.6) is 5.75 Å². The van der Waals surface area contributed by atoms with E-state index >= 15 is 0 Å². The Morgan fingerprint density at radius 1 is 1.13 bits per heavy atom. The number of amides is 5. The maximum absolute atomic E-state index is 13.1. The van der Waals surface area contributed by atoms with E-state index in [2.05, 4.69) is 5.32 Å². The highest BCUT2D eigenvalue weighted by molar-refractivity contribution is 6.07. The van der Waals surface area contributed by atoms with Crippen molar-refractivity contribution in [1.29, 1.82) is 0 Å². The zero-order chi connectivity index (χ0) is 22.2. The van der Waals surface area contributed by atoms with Gasteiger partial charge in [-0.25, -0.2) is 4.79 Å². The second-order valence-electron chi connectivity index (χ2n) is 8.73. The van der Waals surface area contributed by atoms with Crippen LogP contribution in [0.2, 0.25) is 0 Å². The van der Waals surface area contributed by atoms with E-state index in [4.69, 9.17) is 4.74 Å². The minimum Gasteiger partial charge on any atom is -0.476 e. The molecule has 166 valence electrons. The Labute approximate surface area is 181 Å². The molecule has 9 nitrogen and oxygen atoms in total. The van der Waals surface area contributed by atoms with E-state index in [-0.39, 0.29) is 37.2 Å². The van der Waals surface area contributed by atoms with Gasteiger partial charge in [0.1, 0.15) is 11.3 Å². The first-order valence-electron chi connectivity index (χ1n) is 10.8. The van der Waals surface area contributed by atoms with E-state index in [0.29, 0.717) is 24.5 Å². The lowest BCUT2D eigenvalue weighted by molar-refractivity contribution is -0.139. The average Bonchev–Trinajstić information content (AvgIpc) is 2.97. The number of imide groups is 1. The molecule has 1 N–H and O–H groups in total. The summed E-state index contributed by atoms with van der Waals surface area (Å²) in [4.78, 5) is 55.0. The van der Waals surface area contributed by atoms with Crippen molar-refractivity contribution in [1.82, 2.24) is 15.1 Å². The summed E-state index contributed by atoms with van der Waals surface area (Å²) in [6.07, 6.45) is 2.25. The van der Waals surface area contributed by atoms with Crippen molar-refractivity contribution in [3.8, 4) is 5.75 Å². The SMILES string of the molecule is CC1(C)NC(=O)N(CCC(=O)N2CC(C(=O)N3CCCCC3)Oc3ccccc32)C1=O. The minimum absolute atomic E-state index is 0.0167. The molecule has 2 fully saturated rings. The van der Waals surface area contributed by atoms with Crippen LogP contribution in [-0.4, -0.2) is 71.4 Å². The van der Waals surface area contributed by atoms with Crippen LogP contribution in [0.4, 0.5) is 10.5 Å². The van der Waals surface area contributed by atoms with Gasteiger partial charge in [0.2, 0.25) is 5.91 Å². The van der Waals surface area contributed by atoms with Crippen LogP contribution in [0.3, 0.4) is 0 Å². The van der Waals surface area contributed by atoms with Crippen LogP contribution in [0.1, 0.15) is 39.5 Å². The van der Waals surface area contributed by atoms with Crippen molar-refractivity contribution in [2.24, 2.45) is 0 Å². The first kappa shape index (κ1) is 21.1. The van der Waals surface area contributed by atoms with E-state index in [1.165, 1.54) is 4.90 Å². The Morgan fingerprint density at radius 3 is 2.52 bits per heavy atom. The molecule has 1 aromatic carbocycles. The number of anilines is 1. The van der Waals surface area contributed by atoms with Gasteiger partial charge in [-0.1, -0.05) is 12.1 Å². The molecule has 0 aliphatic carbocycles. The molecule has 0 bridgehead atoms. The Hall–Kier alpha value is -3.10. The highest BCUT2D eigenvalue weighted by Gasteiger charge is 2.44. The largest absolute Gasteiger partial charge is 0.476 e. The number of hydrogen-bond donors (Lipinski definition) is 1. The Balaban J connectivity index is 1.48. The van der Waals surface area contributed by atoms with E-state index in [1.807, 2.05) is 0 Å². The van der Waals surface area contributed by atoms with Crippen LogP contribution < -0.4 is 15.0 Å². The Kier molecular flexibility index (Phi) is 5.60. The van der Waals surface area contributed by atoms with Gasteiger partial charge in [-0.15, -0.1) is 0 Å². The summed E-state index contributed by atoms with van der Waals surface area (Å²) in [5, 5.41) is 2.61. The van der Waals surface area contributed by atoms with Crippen molar-refractivity contribution < 1.29 is 23.9 Å². The summed E-state index contributed by atoms with van der Waals surface area (Å²) in [5.74, 6) is -0.250. The first-order chi connectivity index (χ1) is 14.8. The topological polar surface area (TPSA) is 99.3 Å². The average molecular weight is 428 g/mol. The normalized spacial score (nSPS) is 22.6. The molecule has 9 heteroatoms. The fourth-order valence-corrected chi connectivity index (χ4v) is 4.28. The number of nitrogens with one attached hydrogen (secondary N) is 1. The number of benzene rings is 1. The number of fused-ring (bicyclic) bond motifs is 1. The van der Waals surface area contributed by atoms with E-state index in [9.17, 15) is 19.2 Å². The zero-order valence-corrected chi connectivity index (χ0v) is 17.9. The lowest BCUT2D eigenvalue weighted by atomic mass is 10.1. The maximum atomic E-state index is 13.1. The molecule has 5 amide bonds. The number of likely N-dealkylation sites (tertiary alicyclic amines) is 1. The number of nitrogens with zero attached hydrogens (tertiary/aromatic N) is 3. The van der Waals surface area contributed by atoms with E-state index in [0.717, 1.165) is 24.2 Å². The number of hydrogen-bond acceptors (Lipinski definition) is 5. The third-order valence-corrected chi connectivity index (χ3v) is 6.01. The zero-order valence-electron chi connectivity index (χ0n) is 17.9. The van der Waals surface area contributed by atoms with Crippen molar-refractivity contribution in [3.63, 3.8) is 0 Å². The van der Waals surface area contributed by atoms with Crippen molar-refractivity contribution in [3.05, 3.63) is 24.3 Å².